The first-order chi connectivity index (χ1) is 6.20. The summed E-state index contributed by atoms with van der Waals surface area (Å²) >= 11 is 14.1. The number of para-hydroxylation sites is 1. The van der Waals surface area contributed by atoms with Gasteiger partial charge in [0, 0.05) is 15.2 Å². The molecule has 0 spiro atoms. The summed E-state index contributed by atoms with van der Waals surface area (Å²) in [6.07, 6.45) is 1.58. The van der Waals surface area contributed by atoms with Gasteiger partial charge in [0.05, 0.1) is 15.6 Å². The minimum atomic E-state index is 0.496. The van der Waals surface area contributed by atoms with Crippen molar-refractivity contribution in [3.63, 3.8) is 0 Å². The number of nitrogens with zero attached hydrogens (tertiary/aromatic N) is 1. The average Bonchev–Trinajstić information content (AvgIpc) is 2.12. The second-order valence-corrected chi connectivity index (χ2v) is 4.50. The van der Waals surface area contributed by atoms with Gasteiger partial charge in [0.15, 0.2) is 0 Å². The zero-order chi connectivity index (χ0) is 9.42. The Labute approximate surface area is 99.2 Å². The summed E-state index contributed by atoms with van der Waals surface area (Å²) in [6.45, 7) is 0. The first-order valence-corrected chi connectivity index (χ1v) is 5.42. The maximum Gasteiger partial charge on any atom is 0.0851 e. The summed E-state index contributed by atoms with van der Waals surface area (Å²) in [5.74, 6) is 0. The SMILES string of the molecule is Clc1cnc2c(I)cccc2c1Cl. The molecule has 66 valence electrons. The van der Waals surface area contributed by atoms with Crippen LogP contribution >= 0.6 is 45.8 Å². The summed E-state index contributed by atoms with van der Waals surface area (Å²) in [5.41, 5.74) is 0.900. The maximum atomic E-state index is 6.02. The predicted molar refractivity (Wildman–Crippen MR) is 64.5 cm³/mol. The smallest absolute Gasteiger partial charge is 0.0851 e. The summed E-state index contributed by atoms with van der Waals surface area (Å²) in [4.78, 5) is 4.22. The lowest BCUT2D eigenvalue weighted by atomic mass is 10.2. The van der Waals surface area contributed by atoms with E-state index in [9.17, 15) is 0 Å². The molecule has 0 radical (unpaired) electrons. The van der Waals surface area contributed by atoms with E-state index >= 15 is 0 Å². The number of rotatable bonds is 0. The van der Waals surface area contributed by atoms with Gasteiger partial charge >= 0.3 is 0 Å². The minimum absolute atomic E-state index is 0.496. The number of hydrogen-bond acceptors (Lipinski definition) is 1. The van der Waals surface area contributed by atoms with Crippen LogP contribution in [0.2, 0.25) is 10.0 Å². The van der Waals surface area contributed by atoms with E-state index in [1.54, 1.807) is 6.20 Å². The summed E-state index contributed by atoms with van der Waals surface area (Å²) in [5, 5.41) is 1.97. The van der Waals surface area contributed by atoms with Crippen LogP contribution in [0.25, 0.3) is 10.9 Å². The van der Waals surface area contributed by atoms with Crippen molar-refractivity contribution in [2.24, 2.45) is 0 Å². The molecule has 0 N–H and O–H groups in total. The molecule has 13 heavy (non-hydrogen) atoms. The van der Waals surface area contributed by atoms with E-state index in [1.165, 1.54) is 0 Å². The molecule has 0 aliphatic heterocycles. The molecule has 2 aromatic rings. The molecule has 0 atom stereocenters. The number of fused-ring (bicyclic) bond motifs is 1. The Kier molecular flexibility index (Phi) is 2.62. The largest absolute Gasteiger partial charge is 0.253 e. The van der Waals surface area contributed by atoms with Gasteiger partial charge in [-0.1, -0.05) is 35.3 Å². The molecule has 0 fully saturated rings. The van der Waals surface area contributed by atoms with E-state index in [0.717, 1.165) is 14.5 Å². The van der Waals surface area contributed by atoms with E-state index in [1.807, 2.05) is 18.2 Å². The molecular formula is C9H4Cl2IN. The molecule has 0 aliphatic carbocycles. The molecule has 0 bridgehead atoms. The van der Waals surface area contributed by atoms with Gasteiger partial charge in [-0.05, 0) is 28.7 Å². The molecule has 2 rings (SSSR count). The molecule has 4 heteroatoms. The van der Waals surface area contributed by atoms with Gasteiger partial charge in [-0.2, -0.15) is 0 Å². The van der Waals surface area contributed by atoms with Crippen LogP contribution in [-0.4, -0.2) is 4.98 Å². The van der Waals surface area contributed by atoms with E-state index in [0.29, 0.717) is 10.0 Å². The Balaban J connectivity index is 2.94. The highest BCUT2D eigenvalue weighted by atomic mass is 127. The number of pyridine rings is 1. The monoisotopic (exact) mass is 323 g/mol. The van der Waals surface area contributed by atoms with E-state index in [2.05, 4.69) is 27.6 Å². The van der Waals surface area contributed by atoms with Gasteiger partial charge in [0.1, 0.15) is 0 Å². The van der Waals surface area contributed by atoms with Crippen LogP contribution in [-0.2, 0) is 0 Å². The third-order valence-electron chi connectivity index (χ3n) is 1.74. The highest BCUT2D eigenvalue weighted by Gasteiger charge is 2.06. The average molecular weight is 324 g/mol. The van der Waals surface area contributed by atoms with Crippen LogP contribution < -0.4 is 0 Å². The second kappa shape index (κ2) is 3.59. The van der Waals surface area contributed by atoms with E-state index in [-0.39, 0.29) is 0 Å². The van der Waals surface area contributed by atoms with Gasteiger partial charge in [0.25, 0.3) is 0 Å². The molecule has 0 amide bonds. The molecule has 0 unspecified atom stereocenters. The van der Waals surface area contributed by atoms with Gasteiger partial charge in [-0.15, -0.1) is 0 Å². The van der Waals surface area contributed by atoms with Gasteiger partial charge in [-0.25, -0.2) is 0 Å². The molecule has 0 saturated heterocycles. The lowest BCUT2D eigenvalue weighted by molar-refractivity contribution is 1.40. The Hall–Kier alpha value is -0.0600. The maximum absolute atomic E-state index is 6.02. The Morgan fingerprint density at radius 2 is 2.00 bits per heavy atom. The fraction of sp³-hybridized carbons (Fsp3) is 0. The van der Waals surface area contributed by atoms with Crippen molar-refractivity contribution < 1.29 is 0 Å². The van der Waals surface area contributed by atoms with Crippen LogP contribution in [0.3, 0.4) is 0 Å². The normalized spacial score (nSPS) is 10.7. The summed E-state index contributed by atoms with van der Waals surface area (Å²) in [6, 6.07) is 5.84. The van der Waals surface area contributed by atoms with E-state index < -0.39 is 0 Å². The number of benzene rings is 1. The van der Waals surface area contributed by atoms with Crippen LogP contribution in [0.5, 0.6) is 0 Å². The van der Waals surface area contributed by atoms with Gasteiger partial charge in [-0.3, -0.25) is 4.98 Å². The number of hydrogen-bond donors (Lipinski definition) is 0. The Bertz CT molecular complexity index is 470. The highest BCUT2D eigenvalue weighted by molar-refractivity contribution is 14.1. The van der Waals surface area contributed by atoms with Crippen molar-refractivity contribution >= 4 is 56.7 Å². The third-order valence-corrected chi connectivity index (χ3v) is 3.40. The van der Waals surface area contributed by atoms with Crippen LogP contribution in [0.1, 0.15) is 0 Å². The Morgan fingerprint density at radius 3 is 2.77 bits per heavy atom. The van der Waals surface area contributed by atoms with E-state index in [4.69, 9.17) is 23.2 Å². The lowest BCUT2D eigenvalue weighted by Crippen LogP contribution is -1.83. The second-order valence-electron chi connectivity index (χ2n) is 2.56. The van der Waals surface area contributed by atoms with Crippen LogP contribution in [0, 0.1) is 3.57 Å². The van der Waals surface area contributed by atoms with Crippen molar-refractivity contribution in [2.45, 2.75) is 0 Å². The standard InChI is InChI=1S/C9H4Cl2IN/c10-6-4-13-9-5(8(6)11)2-1-3-7(9)12/h1-4H. The molecule has 1 nitrogen and oxygen atoms in total. The summed E-state index contributed by atoms with van der Waals surface area (Å²) in [7, 11) is 0. The first-order valence-electron chi connectivity index (χ1n) is 3.58. The van der Waals surface area contributed by atoms with Crippen molar-refractivity contribution in [1.82, 2.24) is 4.98 Å². The third kappa shape index (κ3) is 1.63. The van der Waals surface area contributed by atoms with Crippen molar-refractivity contribution in [2.75, 3.05) is 0 Å². The predicted octanol–water partition coefficient (Wildman–Crippen LogP) is 4.15. The lowest BCUT2D eigenvalue weighted by Gasteiger charge is -2.02. The van der Waals surface area contributed by atoms with Crippen molar-refractivity contribution in [1.29, 1.82) is 0 Å². The molecule has 1 aromatic heterocycles. The van der Waals surface area contributed by atoms with Gasteiger partial charge < -0.3 is 0 Å². The zero-order valence-corrected chi connectivity index (χ0v) is 10.1. The first kappa shape index (κ1) is 9.49. The molecule has 0 saturated carbocycles. The topological polar surface area (TPSA) is 12.9 Å². The zero-order valence-electron chi connectivity index (χ0n) is 6.39. The highest BCUT2D eigenvalue weighted by Crippen LogP contribution is 2.30. The fourth-order valence-electron chi connectivity index (χ4n) is 1.13. The number of halogens is 3. The van der Waals surface area contributed by atoms with Crippen LogP contribution in [0.15, 0.2) is 24.4 Å². The molecule has 1 aromatic carbocycles. The van der Waals surface area contributed by atoms with Crippen LogP contribution in [0.4, 0.5) is 0 Å². The van der Waals surface area contributed by atoms with Crippen molar-refractivity contribution in [3.05, 3.63) is 38.0 Å². The number of aromatic nitrogens is 1. The molecule has 1 heterocycles. The summed E-state index contributed by atoms with van der Waals surface area (Å²) < 4.78 is 1.08. The quantitative estimate of drug-likeness (QED) is 0.664. The molecule has 0 aliphatic rings. The minimum Gasteiger partial charge on any atom is -0.253 e. The van der Waals surface area contributed by atoms with Crippen molar-refractivity contribution in [3.8, 4) is 0 Å². The molecular weight excluding hydrogens is 320 g/mol. The van der Waals surface area contributed by atoms with Gasteiger partial charge in [0.2, 0.25) is 0 Å². The fourth-order valence-corrected chi connectivity index (χ4v) is 2.12. The Morgan fingerprint density at radius 1 is 1.23 bits per heavy atom.